The lowest BCUT2D eigenvalue weighted by molar-refractivity contribution is -0.147. The molecular formula is C20H17F3N4O2. The van der Waals surface area contributed by atoms with Gasteiger partial charge in [0.1, 0.15) is 6.54 Å². The van der Waals surface area contributed by atoms with Crippen molar-refractivity contribution in [1.82, 2.24) is 14.9 Å². The van der Waals surface area contributed by atoms with Crippen LogP contribution in [-0.4, -0.2) is 27.4 Å². The van der Waals surface area contributed by atoms with E-state index in [0.29, 0.717) is 0 Å². The number of alkyl halides is 3. The molecule has 0 atom stereocenters. The van der Waals surface area contributed by atoms with Crippen molar-refractivity contribution in [2.24, 2.45) is 0 Å². The molecule has 3 aromatic rings. The molecule has 0 spiro atoms. The van der Waals surface area contributed by atoms with Crippen LogP contribution in [0.2, 0.25) is 0 Å². The second-order valence-corrected chi connectivity index (χ2v) is 6.85. The van der Waals surface area contributed by atoms with Gasteiger partial charge in [0.05, 0.1) is 22.3 Å². The van der Waals surface area contributed by atoms with Crippen LogP contribution in [0.5, 0.6) is 0 Å². The molecule has 0 aliphatic heterocycles. The number of aromatic nitrogens is 2. The van der Waals surface area contributed by atoms with Crippen molar-refractivity contribution in [2.45, 2.75) is 31.6 Å². The molecule has 4 rings (SSSR count). The van der Waals surface area contributed by atoms with Crippen molar-refractivity contribution < 1.29 is 22.8 Å². The average molecular weight is 402 g/mol. The van der Waals surface area contributed by atoms with E-state index in [1.54, 1.807) is 30.3 Å². The Balaban J connectivity index is 1.59. The largest absolute Gasteiger partial charge is 0.449 e. The molecule has 0 bridgehead atoms. The first kappa shape index (κ1) is 19.0. The molecule has 1 aromatic heterocycles. The number of carbonyl (C=O) groups is 2. The molecule has 1 saturated carbocycles. The number of hydrogen-bond acceptors (Lipinski definition) is 3. The van der Waals surface area contributed by atoms with Crippen LogP contribution in [0.1, 0.15) is 29.0 Å². The van der Waals surface area contributed by atoms with E-state index in [1.165, 1.54) is 18.2 Å². The van der Waals surface area contributed by atoms with Crippen LogP contribution >= 0.6 is 0 Å². The third-order valence-corrected chi connectivity index (χ3v) is 4.57. The number of imidazole rings is 1. The van der Waals surface area contributed by atoms with E-state index in [4.69, 9.17) is 0 Å². The van der Waals surface area contributed by atoms with E-state index in [0.717, 1.165) is 17.4 Å². The summed E-state index contributed by atoms with van der Waals surface area (Å²) < 4.78 is 41.0. The number of hydrogen-bond donors (Lipinski definition) is 2. The molecule has 150 valence electrons. The highest BCUT2D eigenvalue weighted by atomic mass is 19.4. The molecular weight excluding hydrogens is 385 g/mol. The number of nitrogens with one attached hydrogen (secondary N) is 2. The summed E-state index contributed by atoms with van der Waals surface area (Å²) in [5.74, 6) is -2.16. The number of nitrogens with zero attached hydrogens (tertiary/aromatic N) is 2. The SMILES string of the molecule is O=C(Cn1c(C(F)(F)F)nc2ccccc21)Nc1ccccc1C(=O)NC1CC1. The van der Waals surface area contributed by atoms with Crippen molar-refractivity contribution in [1.29, 1.82) is 0 Å². The number of fused-ring (bicyclic) bond motifs is 1. The third-order valence-electron chi connectivity index (χ3n) is 4.57. The lowest BCUT2D eigenvalue weighted by Crippen LogP contribution is -2.28. The summed E-state index contributed by atoms with van der Waals surface area (Å²) >= 11 is 0. The van der Waals surface area contributed by atoms with E-state index in [1.807, 2.05) is 0 Å². The molecule has 1 fully saturated rings. The van der Waals surface area contributed by atoms with Gasteiger partial charge in [-0.2, -0.15) is 13.2 Å². The Kier molecular flexibility index (Phi) is 4.73. The summed E-state index contributed by atoms with van der Waals surface area (Å²) in [5.41, 5.74) is 0.861. The van der Waals surface area contributed by atoms with Gasteiger partial charge in [-0.1, -0.05) is 24.3 Å². The van der Waals surface area contributed by atoms with E-state index in [-0.39, 0.29) is 34.2 Å². The van der Waals surface area contributed by atoms with Crippen LogP contribution in [0.3, 0.4) is 0 Å². The minimum atomic E-state index is -4.71. The molecule has 2 amide bonds. The number of halogens is 3. The molecule has 29 heavy (non-hydrogen) atoms. The van der Waals surface area contributed by atoms with Gasteiger partial charge >= 0.3 is 6.18 Å². The maximum absolute atomic E-state index is 13.4. The Morgan fingerprint density at radius 2 is 1.76 bits per heavy atom. The summed E-state index contributed by atoms with van der Waals surface area (Å²) in [6.45, 7) is -0.589. The first-order valence-electron chi connectivity index (χ1n) is 9.05. The van der Waals surface area contributed by atoms with Crippen molar-refractivity contribution in [3.05, 3.63) is 59.9 Å². The Hall–Kier alpha value is -3.36. The van der Waals surface area contributed by atoms with E-state index >= 15 is 0 Å². The van der Waals surface area contributed by atoms with Crippen LogP contribution in [0.4, 0.5) is 18.9 Å². The standard InChI is InChI=1S/C20H17F3N4O2/c21-20(22,23)19-26-15-7-3-4-8-16(15)27(19)11-17(28)25-14-6-2-1-5-13(14)18(29)24-12-9-10-12/h1-8,12H,9-11H2,(H,24,29)(H,25,28). The van der Waals surface area contributed by atoms with Gasteiger partial charge in [0.15, 0.2) is 0 Å². The lowest BCUT2D eigenvalue weighted by Gasteiger charge is -2.14. The molecule has 1 aliphatic carbocycles. The fourth-order valence-corrected chi connectivity index (χ4v) is 3.07. The zero-order valence-electron chi connectivity index (χ0n) is 15.2. The second kappa shape index (κ2) is 7.23. The third kappa shape index (κ3) is 4.08. The number of anilines is 1. The summed E-state index contributed by atoms with van der Waals surface area (Å²) in [6.07, 6.45) is -2.89. The predicted molar refractivity (Wildman–Crippen MR) is 100 cm³/mol. The first-order valence-corrected chi connectivity index (χ1v) is 9.05. The molecule has 1 heterocycles. The van der Waals surface area contributed by atoms with Crippen LogP contribution < -0.4 is 10.6 Å². The normalized spacial score (nSPS) is 14.0. The topological polar surface area (TPSA) is 76.0 Å². The molecule has 0 saturated heterocycles. The summed E-state index contributed by atoms with van der Waals surface area (Å²) in [5, 5.41) is 5.38. The quantitative estimate of drug-likeness (QED) is 0.685. The molecule has 9 heteroatoms. The average Bonchev–Trinajstić information content (AvgIpc) is 3.41. The predicted octanol–water partition coefficient (Wildman–Crippen LogP) is 3.59. The van der Waals surface area contributed by atoms with Crippen molar-refractivity contribution in [2.75, 3.05) is 5.32 Å². The van der Waals surface area contributed by atoms with Crippen molar-refractivity contribution >= 4 is 28.5 Å². The number of rotatable bonds is 5. The van der Waals surface area contributed by atoms with Gasteiger partial charge in [-0.25, -0.2) is 4.98 Å². The monoisotopic (exact) mass is 402 g/mol. The fraction of sp³-hybridized carbons (Fsp3) is 0.250. The Bertz CT molecular complexity index is 1090. The Morgan fingerprint density at radius 1 is 1.07 bits per heavy atom. The molecule has 0 unspecified atom stereocenters. The van der Waals surface area contributed by atoms with Gasteiger partial charge in [-0.05, 0) is 37.1 Å². The fourth-order valence-electron chi connectivity index (χ4n) is 3.07. The second-order valence-electron chi connectivity index (χ2n) is 6.85. The summed E-state index contributed by atoms with van der Waals surface area (Å²) in [7, 11) is 0. The molecule has 2 aromatic carbocycles. The minimum Gasteiger partial charge on any atom is -0.349 e. The van der Waals surface area contributed by atoms with Crippen molar-refractivity contribution in [3.8, 4) is 0 Å². The van der Waals surface area contributed by atoms with Gasteiger partial charge in [0, 0.05) is 6.04 Å². The maximum atomic E-state index is 13.4. The zero-order valence-corrected chi connectivity index (χ0v) is 15.2. The number of para-hydroxylation sites is 3. The minimum absolute atomic E-state index is 0.137. The van der Waals surface area contributed by atoms with E-state index < -0.39 is 24.5 Å². The summed E-state index contributed by atoms with van der Waals surface area (Å²) in [4.78, 5) is 28.5. The highest BCUT2D eigenvalue weighted by Gasteiger charge is 2.38. The van der Waals surface area contributed by atoms with Gasteiger partial charge in [0.2, 0.25) is 11.7 Å². The zero-order chi connectivity index (χ0) is 20.6. The van der Waals surface area contributed by atoms with Crippen molar-refractivity contribution in [3.63, 3.8) is 0 Å². The Labute approximate surface area is 163 Å². The van der Waals surface area contributed by atoms with Gasteiger partial charge < -0.3 is 15.2 Å². The van der Waals surface area contributed by atoms with Gasteiger partial charge in [-0.15, -0.1) is 0 Å². The van der Waals surface area contributed by atoms with Crippen LogP contribution in [0.25, 0.3) is 11.0 Å². The maximum Gasteiger partial charge on any atom is 0.449 e. The highest BCUT2D eigenvalue weighted by molar-refractivity contribution is 6.04. The lowest BCUT2D eigenvalue weighted by atomic mass is 10.1. The highest BCUT2D eigenvalue weighted by Crippen LogP contribution is 2.31. The molecule has 1 aliphatic rings. The van der Waals surface area contributed by atoms with Gasteiger partial charge in [-0.3, -0.25) is 9.59 Å². The molecule has 6 nitrogen and oxygen atoms in total. The number of amides is 2. The summed E-state index contributed by atoms with van der Waals surface area (Å²) in [6, 6.07) is 12.6. The first-order chi connectivity index (χ1) is 13.8. The number of carbonyl (C=O) groups excluding carboxylic acids is 2. The van der Waals surface area contributed by atoms with E-state index in [2.05, 4.69) is 15.6 Å². The Morgan fingerprint density at radius 3 is 2.48 bits per heavy atom. The van der Waals surface area contributed by atoms with Crippen LogP contribution in [-0.2, 0) is 17.5 Å². The number of benzene rings is 2. The van der Waals surface area contributed by atoms with Crippen LogP contribution in [0.15, 0.2) is 48.5 Å². The van der Waals surface area contributed by atoms with E-state index in [9.17, 15) is 22.8 Å². The van der Waals surface area contributed by atoms with Gasteiger partial charge in [0.25, 0.3) is 5.91 Å². The van der Waals surface area contributed by atoms with Crippen LogP contribution in [0, 0.1) is 0 Å². The smallest absolute Gasteiger partial charge is 0.349 e. The molecule has 2 N–H and O–H groups in total. The molecule has 0 radical (unpaired) electrons.